The predicted octanol–water partition coefficient (Wildman–Crippen LogP) is 3.70. The van der Waals surface area contributed by atoms with Gasteiger partial charge in [0.05, 0.1) is 11.4 Å². The predicted molar refractivity (Wildman–Crippen MR) is 53.7 cm³/mol. The van der Waals surface area contributed by atoms with Gasteiger partial charge in [0.1, 0.15) is 0 Å². The highest BCUT2D eigenvalue weighted by atomic mass is 35.5. The van der Waals surface area contributed by atoms with Crippen LogP contribution < -0.4 is 0 Å². The van der Waals surface area contributed by atoms with Crippen molar-refractivity contribution >= 4 is 23.2 Å². The molecule has 0 spiro atoms. The smallest absolute Gasteiger partial charge is 0.0622 e. The summed E-state index contributed by atoms with van der Waals surface area (Å²) in [6, 6.07) is 2.07. The minimum Gasteiger partial charge on any atom is -0.198 e. The summed E-state index contributed by atoms with van der Waals surface area (Å²) < 4.78 is 0. The minimum absolute atomic E-state index is 0.0277. The minimum atomic E-state index is -0.0436. The Hall–Kier alpha value is 0.0700. The zero-order chi connectivity index (χ0) is 9.40. The number of hydrogen-bond donors (Lipinski definition) is 0. The molecule has 0 aromatic heterocycles. The second kappa shape index (κ2) is 7.71. The molecule has 0 heterocycles. The van der Waals surface area contributed by atoms with Crippen LogP contribution in [0.2, 0.25) is 0 Å². The third kappa shape index (κ3) is 5.69. The lowest BCUT2D eigenvalue weighted by Gasteiger charge is -2.13. The van der Waals surface area contributed by atoms with Gasteiger partial charge in [0.15, 0.2) is 0 Å². The molecule has 0 radical (unpaired) electrons. The van der Waals surface area contributed by atoms with Gasteiger partial charge in [0.2, 0.25) is 0 Å². The molecule has 0 aromatic rings. The Morgan fingerprint density at radius 3 is 2.33 bits per heavy atom. The number of alkyl halides is 2. The summed E-state index contributed by atoms with van der Waals surface area (Å²) in [7, 11) is 0. The molecule has 0 fully saturated rings. The van der Waals surface area contributed by atoms with Gasteiger partial charge in [-0.25, -0.2) is 0 Å². The molecule has 3 heteroatoms. The Kier molecular flexibility index (Phi) is 7.75. The summed E-state index contributed by atoms with van der Waals surface area (Å²) >= 11 is 12.0. The van der Waals surface area contributed by atoms with Crippen LogP contribution >= 0.6 is 23.2 Å². The standard InChI is InChI=1S/C9H15Cl2N/c1-2-3-5-8(10)9(11)6-4-7-12/h8-9H,2-6H2,1H3. The molecule has 0 aromatic carbocycles. The molecular weight excluding hydrogens is 193 g/mol. The molecule has 0 saturated carbocycles. The van der Waals surface area contributed by atoms with E-state index in [-0.39, 0.29) is 10.8 Å². The Labute approximate surface area is 84.7 Å². The quantitative estimate of drug-likeness (QED) is 0.610. The maximum atomic E-state index is 8.32. The number of unbranched alkanes of at least 4 members (excludes halogenated alkanes) is 1. The van der Waals surface area contributed by atoms with Gasteiger partial charge in [-0.1, -0.05) is 19.8 Å². The van der Waals surface area contributed by atoms with Crippen molar-refractivity contribution < 1.29 is 0 Å². The molecule has 2 atom stereocenters. The van der Waals surface area contributed by atoms with Gasteiger partial charge in [0.25, 0.3) is 0 Å². The first-order valence-electron chi connectivity index (χ1n) is 4.37. The molecule has 0 saturated heterocycles. The van der Waals surface area contributed by atoms with E-state index >= 15 is 0 Å². The number of rotatable bonds is 6. The fraction of sp³-hybridized carbons (Fsp3) is 0.889. The van der Waals surface area contributed by atoms with Crippen molar-refractivity contribution in [1.82, 2.24) is 0 Å². The number of nitrogens with zero attached hydrogens (tertiary/aromatic N) is 1. The van der Waals surface area contributed by atoms with Crippen molar-refractivity contribution in [1.29, 1.82) is 5.26 Å². The fourth-order valence-corrected chi connectivity index (χ4v) is 1.48. The number of hydrogen-bond acceptors (Lipinski definition) is 1. The van der Waals surface area contributed by atoms with Gasteiger partial charge in [-0.05, 0) is 12.8 Å². The molecule has 0 amide bonds. The van der Waals surface area contributed by atoms with Crippen LogP contribution in [0.25, 0.3) is 0 Å². The zero-order valence-corrected chi connectivity index (χ0v) is 8.91. The first-order chi connectivity index (χ1) is 5.72. The Bertz CT molecular complexity index is 142. The van der Waals surface area contributed by atoms with Crippen molar-refractivity contribution in [3.8, 4) is 6.07 Å². The largest absolute Gasteiger partial charge is 0.198 e. The van der Waals surface area contributed by atoms with Crippen LogP contribution in [0.1, 0.15) is 39.0 Å². The van der Waals surface area contributed by atoms with E-state index in [1.54, 1.807) is 0 Å². The molecule has 0 N–H and O–H groups in total. The van der Waals surface area contributed by atoms with Gasteiger partial charge in [-0.2, -0.15) is 5.26 Å². The average molecular weight is 208 g/mol. The average Bonchev–Trinajstić information content (AvgIpc) is 2.10. The Morgan fingerprint density at radius 1 is 1.25 bits per heavy atom. The van der Waals surface area contributed by atoms with E-state index in [1.807, 2.05) is 0 Å². The van der Waals surface area contributed by atoms with E-state index in [0.29, 0.717) is 12.8 Å². The summed E-state index contributed by atoms with van der Waals surface area (Å²) in [5.74, 6) is 0. The van der Waals surface area contributed by atoms with Gasteiger partial charge < -0.3 is 0 Å². The van der Waals surface area contributed by atoms with Crippen molar-refractivity contribution in [2.75, 3.05) is 0 Å². The lowest BCUT2D eigenvalue weighted by atomic mass is 10.1. The van der Waals surface area contributed by atoms with E-state index in [9.17, 15) is 0 Å². The van der Waals surface area contributed by atoms with E-state index in [0.717, 1.165) is 19.3 Å². The van der Waals surface area contributed by atoms with Crippen LogP contribution in [0.3, 0.4) is 0 Å². The molecular formula is C9H15Cl2N. The lowest BCUT2D eigenvalue weighted by molar-refractivity contribution is 0.627. The first-order valence-corrected chi connectivity index (χ1v) is 5.24. The molecule has 0 bridgehead atoms. The van der Waals surface area contributed by atoms with Crippen LogP contribution in [-0.2, 0) is 0 Å². The summed E-state index contributed by atoms with van der Waals surface area (Å²) in [4.78, 5) is 0. The van der Waals surface area contributed by atoms with Crippen LogP contribution in [0, 0.1) is 11.3 Å². The maximum Gasteiger partial charge on any atom is 0.0622 e. The van der Waals surface area contributed by atoms with Crippen LogP contribution in [-0.4, -0.2) is 10.8 Å². The lowest BCUT2D eigenvalue weighted by Crippen LogP contribution is -2.14. The van der Waals surface area contributed by atoms with E-state index < -0.39 is 0 Å². The third-order valence-corrected chi connectivity index (χ3v) is 2.93. The molecule has 1 nitrogen and oxygen atoms in total. The second-order valence-corrected chi connectivity index (χ2v) is 3.99. The third-order valence-electron chi connectivity index (χ3n) is 1.76. The van der Waals surface area contributed by atoms with E-state index in [1.165, 1.54) is 0 Å². The SMILES string of the molecule is CCCCC(Cl)C(Cl)CCC#N. The monoisotopic (exact) mass is 207 g/mol. The van der Waals surface area contributed by atoms with Gasteiger partial charge in [-0.3, -0.25) is 0 Å². The van der Waals surface area contributed by atoms with Crippen LogP contribution in [0.15, 0.2) is 0 Å². The molecule has 0 aliphatic rings. The molecule has 2 unspecified atom stereocenters. The van der Waals surface area contributed by atoms with E-state index in [2.05, 4.69) is 13.0 Å². The van der Waals surface area contributed by atoms with Crippen molar-refractivity contribution in [3.05, 3.63) is 0 Å². The topological polar surface area (TPSA) is 23.8 Å². The molecule has 70 valence electrons. The molecule has 0 aliphatic heterocycles. The van der Waals surface area contributed by atoms with Gasteiger partial charge in [-0.15, -0.1) is 23.2 Å². The molecule has 0 aliphatic carbocycles. The molecule has 0 rings (SSSR count). The van der Waals surface area contributed by atoms with E-state index in [4.69, 9.17) is 28.5 Å². The summed E-state index contributed by atoms with van der Waals surface area (Å²) in [6.07, 6.45) is 4.42. The molecule has 12 heavy (non-hydrogen) atoms. The van der Waals surface area contributed by atoms with Crippen molar-refractivity contribution in [2.45, 2.75) is 49.8 Å². The number of halogens is 2. The normalized spacial score (nSPS) is 15.2. The summed E-state index contributed by atoms with van der Waals surface area (Å²) in [5.41, 5.74) is 0. The summed E-state index contributed by atoms with van der Waals surface area (Å²) in [5, 5.41) is 8.31. The van der Waals surface area contributed by atoms with Crippen LogP contribution in [0.4, 0.5) is 0 Å². The Balaban J connectivity index is 3.47. The second-order valence-electron chi connectivity index (χ2n) is 2.87. The van der Waals surface area contributed by atoms with Crippen LogP contribution in [0.5, 0.6) is 0 Å². The van der Waals surface area contributed by atoms with Crippen molar-refractivity contribution in [3.63, 3.8) is 0 Å². The van der Waals surface area contributed by atoms with Crippen molar-refractivity contribution in [2.24, 2.45) is 0 Å². The first kappa shape index (κ1) is 12.1. The highest BCUT2D eigenvalue weighted by molar-refractivity contribution is 6.29. The maximum absolute atomic E-state index is 8.32. The van der Waals surface area contributed by atoms with Gasteiger partial charge >= 0.3 is 0 Å². The highest BCUT2D eigenvalue weighted by Gasteiger charge is 2.15. The zero-order valence-electron chi connectivity index (χ0n) is 7.39. The Morgan fingerprint density at radius 2 is 1.83 bits per heavy atom. The fourth-order valence-electron chi connectivity index (χ4n) is 0.963. The van der Waals surface area contributed by atoms with Gasteiger partial charge in [0, 0.05) is 11.8 Å². The summed E-state index contributed by atoms with van der Waals surface area (Å²) in [6.45, 7) is 2.13. The number of nitriles is 1. The highest BCUT2D eigenvalue weighted by Crippen LogP contribution is 2.20.